The van der Waals surface area contributed by atoms with E-state index in [0.717, 1.165) is 3.57 Å². The largest absolute Gasteiger partial charge is 0.350 e. The monoisotopic (exact) mass is 374 g/mol. The number of nitrogens with zero attached hydrogens (tertiary/aromatic N) is 1. The van der Waals surface area contributed by atoms with E-state index in [9.17, 15) is 9.59 Å². The summed E-state index contributed by atoms with van der Waals surface area (Å²) < 4.78 is 0.883. The molecule has 1 rings (SSSR count). The number of hydrogen-bond donors (Lipinski definition) is 1. The third-order valence-corrected chi connectivity index (χ3v) is 3.29. The van der Waals surface area contributed by atoms with Crippen molar-refractivity contribution in [3.8, 4) is 0 Å². The molecule has 5 heteroatoms. The SMILES string of the molecule is CN(CC(=O)NC(C)(C)C)C(=O)c1ccccc1I. The fourth-order valence-corrected chi connectivity index (χ4v) is 2.20. The lowest BCUT2D eigenvalue weighted by molar-refractivity contribution is -0.122. The Balaban J connectivity index is 2.69. The Bertz CT molecular complexity index is 481. The maximum atomic E-state index is 12.2. The maximum absolute atomic E-state index is 12.2. The molecule has 1 aromatic carbocycles. The molecule has 0 aliphatic carbocycles. The standard InChI is InChI=1S/C14H19IN2O2/c1-14(2,3)16-12(18)9-17(4)13(19)10-7-5-6-8-11(10)15/h5-8H,9H2,1-4H3,(H,16,18). The molecule has 0 saturated heterocycles. The third kappa shape index (κ3) is 5.18. The predicted molar refractivity (Wildman–Crippen MR) is 84.0 cm³/mol. The molecule has 0 heterocycles. The molecule has 2 amide bonds. The van der Waals surface area contributed by atoms with E-state index in [0.29, 0.717) is 5.56 Å². The lowest BCUT2D eigenvalue weighted by Gasteiger charge is -2.23. The predicted octanol–water partition coefficient (Wildman–Crippen LogP) is 2.28. The van der Waals surface area contributed by atoms with Crippen LogP contribution < -0.4 is 5.32 Å². The Morgan fingerprint density at radius 1 is 1.26 bits per heavy atom. The first kappa shape index (κ1) is 15.9. The average Bonchev–Trinajstić information content (AvgIpc) is 2.26. The highest BCUT2D eigenvalue weighted by Gasteiger charge is 2.19. The number of likely N-dealkylation sites (N-methyl/N-ethyl adjacent to an activating group) is 1. The highest BCUT2D eigenvalue weighted by molar-refractivity contribution is 14.1. The first-order chi connectivity index (χ1) is 8.70. The van der Waals surface area contributed by atoms with E-state index in [1.165, 1.54) is 4.90 Å². The molecule has 1 aromatic rings. The van der Waals surface area contributed by atoms with Gasteiger partial charge >= 0.3 is 0 Å². The molecule has 19 heavy (non-hydrogen) atoms. The zero-order valence-corrected chi connectivity index (χ0v) is 13.8. The minimum Gasteiger partial charge on any atom is -0.350 e. The van der Waals surface area contributed by atoms with Crippen LogP contribution in [0.3, 0.4) is 0 Å². The number of amides is 2. The fourth-order valence-electron chi connectivity index (χ4n) is 1.59. The van der Waals surface area contributed by atoms with E-state index < -0.39 is 0 Å². The van der Waals surface area contributed by atoms with Crippen molar-refractivity contribution in [2.75, 3.05) is 13.6 Å². The fraction of sp³-hybridized carbons (Fsp3) is 0.429. The Morgan fingerprint density at radius 3 is 2.37 bits per heavy atom. The summed E-state index contributed by atoms with van der Waals surface area (Å²) in [7, 11) is 1.63. The van der Waals surface area contributed by atoms with Crippen LogP contribution in [0.1, 0.15) is 31.1 Å². The second-order valence-electron chi connectivity index (χ2n) is 5.44. The van der Waals surface area contributed by atoms with Gasteiger partial charge in [-0.15, -0.1) is 0 Å². The molecule has 0 spiro atoms. The minimum atomic E-state index is -0.290. The van der Waals surface area contributed by atoms with Crippen LogP contribution in [0.15, 0.2) is 24.3 Å². The molecule has 1 N–H and O–H groups in total. The van der Waals surface area contributed by atoms with Gasteiger partial charge in [0.15, 0.2) is 0 Å². The summed E-state index contributed by atoms with van der Waals surface area (Å²) in [6, 6.07) is 7.34. The van der Waals surface area contributed by atoms with E-state index >= 15 is 0 Å². The Labute approximate surface area is 127 Å². The van der Waals surface area contributed by atoms with Crippen LogP contribution in [-0.2, 0) is 4.79 Å². The quantitative estimate of drug-likeness (QED) is 0.826. The summed E-state index contributed by atoms with van der Waals surface area (Å²) in [6.45, 7) is 5.79. The van der Waals surface area contributed by atoms with Crippen molar-refractivity contribution < 1.29 is 9.59 Å². The number of rotatable bonds is 3. The van der Waals surface area contributed by atoms with Gasteiger partial charge in [0, 0.05) is 16.2 Å². The molecule has 4 nitrogen and oxygen atoms in total. The number of carbonyl (C=O) groups excluding carboxylic acids is 2. The van der Waals surface area contributed by atoms with Crippen molar-refractivity contribution in [3.05, 3.63) is 33.4 Å². The van der Waals surface area contributed by atoms with Crippen LogP contribution >= 0.6 is 22.6 Å². The third-order valence-electron chi connectivity index (χ3n) is 2.35. The first-order valence-corrected chi connectivity index (χ1v) is 7.09. The Morgan fingerprint density at radius 2 is 1.84 bits per heavy atom. The zero-order valence-electron chi connectivity index (χ0n) is 11.7. The van der Waals surface area contributed by atoms with Gasteiger partial charge in [-0.1, -0.05) is 12.1 Å². The van der Waals surface area contributed by atoms with Crippen molar-refractivity contribution in [3.63, 3.8) is 0 Å². The van der Waals surface area contributed by atoms with Crippen LogP contribution in [0.5, 0.6) is 0 Å². The van der Waals surface area contributed by atoms with E-state index in [1.807, 2.05) is 39.0 Å². The van der Waals surface area contributed by atoms with Crippen LogP contribution in [-0.4, -0.2) is 35.8 Å². The smallest absolute Gasteiger partial charge is 0.255 e. The lowest BCUT2D eigenvalue weighted by Crippen LogP contribution is -2.46. The molecule has 0 unspecified atom stereocenters. The lowest BCUT2D eigenvalue weighted by atomic mass is 10.1. The van der Waals surface area contributed by atoms with Gasteiger partial charge < -0.3 is 10.2 Å². The van der Waals surface area contributed by atoms with Gasteiger partial charge in [0.25, 0.3) is 5.91 Å². The highest BCUT2D eigenvalue weighted by Crippen LogP contribution is 2.13. The molecule has 0 radical (unpaired) electrons. The molecular weight excluding hydrogens is 355 g/mol. The van der Waals surface area contributed by atoms with Crippen molar-refractivity contribution in [2.24, 2.45) is 0 Å². The van der Waals surface area contributed by atoms with Gasteiger partial charge in [0.05, 0.1) is 12.1 Å². The normalized spacial score (nSPS) is 11.0. The first-order valence-electron chi connectivity index (χ1n) is 6.02. The van der Waals surface area contributed by atoms with Crippen LogP contribution in [0.2, 0.25) is 0 Å². The highest BCUT2D eigenvalue weighted by atomic mass is 127. The Kier molecular flexibility index (Phi) is 5.34. The molecule has 0 saturated carbocycles. The van der Waals surface area contributed by atoms with E-state index in [-0.39, 0.29) is 23.9 Å². The molecule has 0 fully saturated rings. The van der Waals surface area contributed by atoms with Gasteiger partial charge in [-0.25, -0.2) is 0 Å². The molecule has 104 valence electrons. The van der Waals surface area contributed by atoms with E-state index in [2.05, 4.69) is 27.9 Å². The van der Waals surface area contributed by atoms with Gasteiger partial charge in [0.2, 0.25) is 5.91 Å². The molecule has 0 bridgehead atoms. The number of carbonyl (C=O) groups is 2. The summed E-state index contributed by atoms with van der Waals surface area (Å²) >= 11 is 2.12. The van der Waals surface area contributed by atoms with E-state index in [4.69, 9.17) is 0 Å². The van der Waals surface area contributed by atoms with Crippen LogP contribution in [0.25, 0.3) is 0 Å². The van der Waals surface area contributed by atoms with Crippen molar-refractivity contribution in [1.29, 1.82) is 0 Å². The van der Waals surface area contributed by atoms with Gasteiger partial charge in [-0.2, -0.15) is 0 Å². The van der Waals surface area contributed by atoms with Gasteiger partial charge in [-0.3, -0.25) is 9.59 Å². The number of halogens is 1. The van der Waals surface area contributed by atoms with Crippen molar-refractivity contribution >= 4 is 34.4 Å². The molecule has 0 aliphatic heterocycles. The molecule has 0 aliphatic rings. The van der Waals surface area contributed by atoms with Crippen molar-refractivity contribution in [1.82, 2.24) is 10.2 Å². The number of benzene rings is 1. The number of nitrogens with one attached hydrogen (secondary N) is 1. The van der Waals surface area contributed by atoms with Crippen molar-refractivity contribution in [2.45, 2.75) is 26.3 Å². The second-order valence-corrected chi connectivity index (χ2v) is 6.60. The minimum absolute atomic E-state index is 0.0566. The summed E-state index contributed by atoms with van der Waals surface area (Å²) in [4.78, 5) is 25.4. The zero-order chi connectivity index (χ0) is 14.6. The summed E-state index contributed by atoms with van der Waals surface area (Å²) in [6.07, 6.45) is 0. The summed E-state index contributed by atoms with van der Waals surface area (Å²) in [5.41, 5.74) is 0.330. The second kappa shape index (κ2) is 6.36. The van der Waals surface area contributed by atoms with Gasteiger partial charge in [-0.05, 0) is 55.5 Å². The average molecular weight is 374 g/mol. The number of hydrogen-bond acceptors (Lipinski definition) is 2. The van der Waals surface area contributed by atoms with Crippen LogP contribution in [0, 0.1) is 3.57 Å². The van der Waals surface area contributed by atoms with E-state index in [1.54, 1.807) is 13.1 Å². The van der Waals surface area contributed by atoms with Gasteiger partial charge in [0.1, 0.15) is 0 Å². The molecular formula is C14H19IN2O2. The van der Waals surface area contributed by atoms with Crippen LogP contribution in [0.4, 0.5) is 0 Å². The topological polar surface area (TPSA) is 49.4 Å². The summed E-state index contributed by atoms with van der Waals surface area (Å²) in [5, 5.41) is 2.84. The Hall–Kier alpha value is -1.11. The summed E-state index contributed by atoms with van der Waals surface area (Å²) in [5.74, 6) is -0.302. The molecule has 0 aromatic heterocycles. The molecule has 0 atom stereocenters. The maximum Gasteiger partial charge on any atom is 0.255 e.